The van der Waals surface area contributed by atoms with Crippen LogP contribution in [-0.2, 0) is 6.54 Å². The third-order valence-electron chi connectivity index (χ3n) is 2.70. The number of alkyl halides is 3. The van der Waals surface area contributed by atoms with Gasteiger partial charge in [0.05, 0.1) is 18.8 Å². The predicted octanol–water partition coefficient (Wildman–Crippen LogP) is 1.63. The van der Waals surface area contributed by atoms with Gasteiger partial charge in [0.25, 0.3) is 0 Å². The fraction of sp³-hybridized carbons (Fsp3) is 0.571. The Hall–Kier alpha value is -1.83. The Kier molecular flexibility index (Phi) is 7.65. The molecule has 0 saturated heterocycles. The van der Waals surface area contributed by atoms with E-state index in [9.17, 15) is 13.2 Å². The van der Waals surface area contributed by atoms with Gasteiger partial charge in [-0.1, -0.05) is 6.07 Å². The first-order valence-electron chi connectivity index (χ1n) is 7.08. The highest BCUT2D eigenvalue weighted by Crippen LogP contribution is 2.14. The lowest BCUT2D eigenvalue weighted by Crippen LogP contribution is -2.42. The van der Waals surface area contributed by atoms with Crippen LogP contribution in [0.25, 0.3) is 0 Å². The molecule has 8 heteroatoms. The van der Waals surface area contributed by atoms with Gasteiger partial charge in [-0.3, -0.25) is 9.88 Å². The van der Waals surface area contributed by atoms with Crippen LogP contribution in [0.1, 0.15) is 12.6 Å². The molecule has 0 bridgehead atoms. The smallest absolute Gasteiger partial charge is 0.357 e. The van der Waals surface area contributed by atoms with Crippen LogP contribution in [-0.4, -0.2) is 55.2 Å². The van der Waals surface area contributed by atoms with Crippen molar-refractivity contribution < 1.29 is 13.2 Å². The zero-order valence-electron chi connectivity index (χ0n) is 12.8. The summed E-state index contributed by atoms with van der Waals surface area (Å²) in [5.41, 5.74) is 0.828. The molecule has 1 aromatic heterocycles. The van der Waals surface area contributed by atoms with E-state index in [1.54, 1.807) is 6.20 Å². The van der Waals surface area contributed by atoms with E-state index >= 15 is 0 Å². The molecule has 1 rings (SSSR count). The highest BCUT2D eigenvalue weighted by molar-refractivity contribution is 5.79. The Morgan fingerprint density at radius 3 is 2.68 bits per heavy atom. The largest absolute Gasteiger partial charge is 0.401 e. The SMILES string of the molecule is CCNC(=NCc1ccccn1)NCCN(C)CC(F)(F)F. The number of aliphatic imine (C=N–C) groups is 1. The first-order valence-corrected chi connectivity index (χ1v) is 7.08. The molecule has 0 aliphatic carbocycles. The molecule has 0 radical (unpaired) electrons. The van der Waals surface area contributed by atoms with Crippen molar-refractivity contribution in [1.82, 2.24) is 20.5 Å². The molecule has 0 aromatic carbocycles. The van der Waals surface area contributed by atoms with Crippen LogP contribution in [0, 0.1) is 0 Å². The monoisotopic (exact) mass is 317 g/mol. The van der Waals surface area contributed by atoms with Crippen molar-refractivity contribution in [2.75, 3.05) is 33.2 Å². The summed E-state index contributed by atoms with van der Waals surface area (Å²) in [6, 6.07) is 5.57. The normalized spacial score (nSPS) is 12.5. The second-order valence-electron chi connectivity index (χ2n) is 4.80. The lowest BCUT2D eigenvalue weighted by molar-refractivity contribution is -0.142. The molecule has 22 heavy (non-hydrogen) atoms. The summed E-state index contributed by atoms with van der Waals surface area (Å²) in [5.74, 6) is 0.563. The highest BCUT2D eigenvalue weighted by Gasteiger charge is 2.28. The molecule has 0 atom stereocenters. The molecular formula is C14H22F3N5. The third kappa shape index (κ3) is 8.46. The zero-order valence-corrected chi connectivity index (χ0v) is 12.8. The van der Waals surface area contributed by atoms with Crippen molar-refractivity contribution in [3.05, 3.63) is 30.1 Å². The molecule has 0 aliphatic rings. The van der Waals surface area contributed by atoms with E-state index in [4.69, 9.17) is 0 Å². The summed E-state index contributed by atoms with van der Waals surface area (Å²) >= 11 is 0. The number of nitrogens with zero attached hydrogens (tertiary/aromatic N) is 3. The van der Waals surface area contributed by atoms with E-state index in [-0.39, 0.29) is 6.54 Å². The quantitative estimate of drug-likeness (QED) is 0.593. The number of nitrogens with one attached hydrogen (secondary N) is 2. The van der Waals surface area contributed by atoms with Crippen LogP contribution in [0.4, 0.5) is 13.2 Å². The number of likely N-dealkylation sites (N-methyl/N-ethyl adjacent to an activating group) is 1. The number of guanidine groups is 1. The minimum Gasteiger partial charge on any atom is -0.357 e. The molecule has 0 unspecified atom stereocenters. The summed E-state index contributed by atoms with van der Waals surface area (Å²) in [5, 5.41) is 6.05. The number of rotatable bonds is 7. The maximum absolute atomic E-state index is 12.2. The lowest BCUT2D eigenvalue weighted by atomic mass is 10.3. The Balaban J connectivity index is 2.40. The second-order valence-corrected chi connectivity index (χ2v) is 4.80. The Morgan fingerprint density at radius 1 is 1.32 bits per heavy atom. The van der Waals surface area contributed by atoms with Crippen LogP contribution in [0.5, 0.6) is 0 Å². The van der Waals surface area contributed by atoms with Gasteiger partial charge in [-0.05, 0) is 26.1 Å². The molecule has 0 amide bonds. The number of hydrogen-bond acceptors (Lipinski definition) is 3. The van der Waals surface area contributed by atoms with Crippen LogP contribution in [0.3, 0.4) is 0 Å². The van der Waals surface area contributed by atoms with Crippen molar-refractivity contribution in [2.24, 2.45) is 4.99 Å². The fourth-order valence-corrected chi connectivity index (χ4v) is 1.74. The summed E-state index contributed by atoms with van der Waals surface area (Å²) < 4.78 is 36.6. The van der Waals surface area contributed by atoms with Crippen molar-refractivity contribution in [2.45, 2.75) is 19.6 Å². The van der Waals surface area contributed by atoms with E-state index in [1.807, 2.05) is 25.1 Å². The summed E-state index contributed by atoms with van der Waals surface area (Å²) in [7, 11) is 1.44. The first-order chi connectivity index (χ1) is 10.4. The minimum absolute atomic E-state index is 0.271. The number of pyridine rings is 1. The topological polar surface area (TPSA) is 52.6 Å². The van der Waals surface area contributed by atoms with Crippen molar-refractivity contribution in [3.63, 3.8) is 0 Å². The van der Waals surface area contributed by atoms with Crippen molar-refractivity contribution in [1.29, 1.82) is 0 Å². The minimum atomic E-state index is -4.17. The standard InChI is InChI=1S/C14H22F3N5/c1-3-18-13(21-10-12-6-4-5-7-19-12)20-8-9-22(2)11-14(15,16)17/h4-7H,3,8-11H2,1-2H3,(H2,18,20,21). The van der Waals surface area contributed by atoms with Gasteiger partial charge < -0.3 is 10.6 Å². The van der Waals surface area contributed by atoms with E-state index in [2.05, 4.69) is 20.6 Å². The van der Waals surface area contributed by atoms with Gasteiger partial charge in [-0.25, -0.2) is 4.99 Å². The molecule has 1 aromatic rings. The number of hydrogen-bond donors (Lipinski definition) is 2. The van der Waals surface area contributed by atoms with Gasteiger partial charge in [-0.2, -0.15) is 13.2 Å². The molecule has 2 N–H and O–H groups in total. The predicted molar refractivity (Wildman–Crippen MR) is 80.6 cm³/mol. The van der Waals surface area contributed by atoms with E-state index < -0.39 is 12.7 Å². The second kappa shape index (κ2) is 9.24. The maximum atomic E-state index is 12.2. The Morgan fingerprint density at radius 2 is 2.09 bits per heavy atom. The van der Waals surface area contributed by atoms with E-state index in [1.165, 1.54) is 11.9 Å². The molecule has 0 fully saturated rings. The molecule has 5 nitrogen and oxygen atoms in total. The number of halogens is 3. The molecule has 124 valence electrons. The fourth-order valence-electron chi connectivity index (χ4n) is 1.74. The summed E-state index contributed by atoms with van der Waals surface area (Å²) in [4.78, 5) is 9.73. The average molecular weight is 317 g/mol. The van der Waals surface area contributed by atoms with Crippen molar-refractivity contribution >= 4 is 5.96 Å². The van der Waals surface area contributed by atoms with Crippen molar-refractivity contribution in [3.8, 4) is 0 Å². The molecule has 0 aliphatic heterocycles. The van der Waals surface area contributed by atoms with Gasteiger partial charge in [0.15, 0.2) is 5.96 Å². The summed E-state index contributed by atoms with van der Waals surface area (Å²) in [6.07, 6.45) is -2.48. The molecule has 0 saturated carbocycles. The van der Waals surface area contributed by atoms with E-state index in [0.717, 1.165) is 5.69 Å². The highest BCUT2D eigenvalue weighted by atomic mass is 19.4. The van der Waals surface area contributed by atoms with Crippen LogP contribution >= 0.6 is 0 Å². The zero-order chi connectivity index (χ0) is 16.4. The molecule has 1 heterocycles. The van der Waals surface area contributed by atoms with Gasteiger partial charge in [-0.15, -0.1) is 0 Å². The van der Waals surface area contributed by atoms with Gasteiger partial charge in [0.1, 0.15) is 0 Å². The molecular weight excluding hydrogens is 295 g/mol. The van der Waals surface area contributed by atoms with Gasteiger partial charge in [0.2, 0.25) is 0 Å². The first kappa shape index (κ1) is 18.2. The van der Waals surface area contributed by atoms with Gasteiger partial charge in [0, 0.05) is 25.8 Å². The molecule has 0 spiro atoms. The van der Waals surface area contributed by atoms with Crippen LogP contribution in [0.15, 0.2) is 29.4 Å². The number of aromatic nitrogens is 1. The summed E-state index contributed by atoms with van der Waals surface area (Å²) in [6.45, 7) is 2.74. The van der Waals surface area contributed by atoms with Crippen LogP contribution < -0.4 is 10.6 Å². The van der Waals surface area contributed by atoms with Gasteiger partial charge >= 0.3 is 6.18 Å². The maximum Gasteiger partial charge on any atom is 0.401 e. The third-order valence-corrected chi connectivity index (χ3v) is 2.70. The lowest BCUT2D eigenvalue weighted by Gasteiger charge is -2.19. The Labute approximate surface area is 128 Å². The van der Waals surface area contributed by atoms with E-state index in [0.29, 0.717) is 25.6 Å². The Bertz CT molecular complexity index is 448. The average Bonchev–Trinajstić information content (AvgIpc) is 2.44. The van der Waals surface area contributed by atoms with Crippen LogP contribution in [0.2, 0.25) is 0 Å².